The summed E-state index contributed by atoms with van der Waals surface area (Å²) in [7, 11) is 0. The summed E-state index contributed by atoms with van der Waals surface area (Å²) in [5, 5.41) is 103. The van der Waals surface area contributed by atoms with Gasteiger partial charge in [0.15, 0.2) is 5.96 Å². The van der Waals surface area contributed by atoms with Crippen LogP contribution in [0.3, 0.4) is 0 Å². The van der Waals surface area contributed by atoms with Crippen LogP contribution in [0.1, 0.15) is 200 Å². The summed E-state index contributed by atoms with van der Waals surface area (Å²) in [6, 6.07) is -6.60. The summed E-state index contributed by atoms with van der Waals surface area (Å²) in [5.74, 6) is -15.1. The van der Waals surface area contributed by atoms with Crippen molar-refractivity contribution in [1.29, 1.82) is 0 Å². The number of carboxylic acid groups (broad SMARTS) is 1. The van der Waals surface area contributed by atoms with Gasteiger partial charge in [-0.3, -0.25) is 71.9 Å². The normalized spacial score (nSPS) is 30.1. The second kappa shape index (κ2) is 52.7. The standard InChI is InChI=1S/C89H141N21O20S2/c1-9-13-60-76(119)101-62(30-31-70(116)117)77(120)102-64(35-50-20-26-57(114)27-21-50)80(123)100-61(14-10-2)78(121)108-72(47(4)112)86(129)106-68(74(90)118)43-131-41-52-15-11-16-53(33-52)42-132-44-69(107-79(122)63(97-48(5)113)34-49-18-24-55(25-19-49)98-88(91)92)84(127)110-73(89(6,7)8)87(130)105-65(36-51-22-28-58(115)29-23-51)81(124)103-67(38-56-40-93-45-96-56)83(126)109-71(46(3)111)85(128)104-66(82(125)99-60)37-54-39-95-75-59(54)17-12-32-94-75/h11,15-16,18-19,24-25,33,46-47,50-51,54,56-69,71-73,75,93-96,111-112,114-115H,9-10,12-14,17,20-23,26-32,34-45H2,1-8H3,(H2,90,118)(H,97,113)(H,99,125)(H,100,123)(H,101,119)(H,102,120)(H,103,124)(H,104,128)(H,105,130)(H,106,129)(H,107,122)(H,108,121)(H,109,126)(H,110,127)(H,116,117)(H4,91,92,98)/t46-,47-,50?,51?,54?,56?,57?,58?,59?,60+,61+,62+,63-,64+,65+,66+,67+,68+,69+,71+,72+,73-,75?/m1/s1. The van der Waals surface area contributed by atoms with Crippen molar-refractivity contribution >= 4 is 124 Å². The highest BCUT2D eigenvalue weighted by atomic mass is 32.2. The summed E-state index contributed by atoms with van der Waals surface area (Å²) in [5.41, 5.74) is 18.4. The van der Waals surface area contributed by atoms with Crippen LogP contribution in [0.25, 0.3) is 0 Å². The van der Waals surface area contributed by atoms with Crippen LogP contribution in [-0.2, 0) is 89.8 Å². The number of nitrogens with one attached hydrogen (secondary N) is 17. The molecule has 28 N–H and O–H groups in total. The van der Waals surface area contributed by atoms with Crippen molar-refractivity contribution < 1.29 is 97.5 Å². The minimum Gasteiger partial charge on any atom is -0.481 e. The van der Waals surface area contributed by atoms with Gasteiger partial charge in [0.1, 0.15) is 78.5 Å². The maximum atomic E-state index is 15.5. The number of aliphatic hydroxyl groups is 4. The summed E-state index contributed by atoms with van der Waals surface area (Å²) in [4.78, 5) is 223. The number of hydrogen-bond acceptors (Lipinski definition) is 26. The molecule has 41 nitrogen and oxygen atoms in total. The number of amides is 14. The van der Waals surface area contributed by atoms with Gasteiger partial charge < -0.3 is 133 Å². The van der Waals surface area contributed by atoms with E-state index in [1.54, 1.807) is 71.0 Å². The van der Waals surface area contributed by atoms with E-state index in [0.717, 1.165) is 24.0 Å². The molecule has 0 aromatic heterocycles. The number of guanidine groups is 1. The predicted octanol–water partition coefficient (Wildman–Crippen LogP) is -2.88. The second-order valence-electron chi connectivity index (χ2n) is 37.0. The molecule has 132 heavy (non-hydrogen) atoms. The number of carbonyl (C=O) groups is 15. The monoisotopic (exact) mass is 1890 g/mol. The third kappa shape index (κ3) is 34.6. The average Bonchev–Trinajstić information content (AvgIpc) is 1.23. The van der Waals surface area contributed by atoms with Crippen LogP contribution >= 0.6 is 23.5 Å². The molecule has 2 saturated carbocycles. The number of primary amides is 1. The van der Waals surface area contributed by atoms with E-state index in [0.29, 0.717) is 88.9 Å². The molecule has 0 spiro atoms. The van der Waals surface area contributed by atoms with Crippen LogP contribution in [0.15, 0.2) is 53.5 Å². The Labute approximate surface area is 778 Å². The Balaban J connectivity index is 1.17. The molecule has 8 rings (SSSR count). The molecule has 4 aliphatic heterocycles. The van der Waals surface area contributed by atoms with Crippen molar-refractivity contribution in [3.05, 3.63) is 65.2 Å². The first kappa shape index (κ1) is 107. The number of aliphatic imine (C=N–C) groups is 1. The highest BCUT2D eigenvalue weighted by Crippen LogP contribution is 2.34. The Morgan fingerprint density at radius 3 is 1.51 bits per heavy atom. The van der Waals surface area contributed by atoms with Gasteiger partial charge in [-0.2, -0.15) is 23.5 Å². The Hall–Kier alpha value is -9.86. The van der Waals surface area contributed by atoms with Crippen LogP contribution < -0.4 is 108 Å². The molecule has 3 saturated heterocycles. The minimum atomic E-state index is -1.85. The van der Waals surface area contributed by atoms with Crippen molar-refractivity contribution in [2.24, 2.45) is 51.3 Å². The number of carbonyl (C=O) groups excluding carboxylic acids is 14. The zero-order chi connectivity index (χ0) is 96.6. The lowest BCUT2D eigenvalue weighted by Gasteiger charge is -2.35. The van der Waals surface area contributed by atoms with E-state index in [1.807, 2.05) is 12.1 Å². The number of nitrogens with two attached hydrogens (primary N) is 3. The van der Waals surface area contributed by atoms with Crippen LogP contribution in [0.4, 0.5) is 5.69 Å². The summed E-state index contributed by atoms with van der Waals surface area (Å²) in [6.45, 7) is 13.7. The molecule has 4 heterocycles. The first-order valence-electron chi connectivity index (χ1n) is 46.1. The number of aliphatic hydroxyl groups excluding tert-OH is 4. The number of hydrogen-bond donors (Lipinski definition) is 25. The van der Waals surface area contributed by atoms with E-state index in [9.17, 15) is 68.7 Å². The number of aliphatic carboxylic acids is 1. The van der Waals surface area contributed by atoms with Gasteiger partial charge in [0.05, 0.1) is 36.3 Å². The largest absolute Gasteiger partial charge is 0.481 e. The number of nitrogens with zero attached hydrogens (tertiary/aromatic N) is 1. The Bertz CT molecular complexity index is 4270. The third-order valence-corrected chi connectivity index (χ3v) is 27.2. The van der Waals surface area contributed by atoms with E-state index < -0.39 is 216 Å². The number of rotatable bonds is 24. The minimum absolute atomic E-state index is 0.0333. The molecule has 2 bridgehead atoms. The fraction of sp³-hybridized carbons (Fsp3) is 0.685. The number of carboxylic acids is 1. The van der Waals surface area contributed by atoms with Gasteiger partial charge in [-0.15, -0.1) is 0 Å². The molecule has 14 amide bonds. The average molecular weight is 1890 g/mol. The third-order valence-electron chi connectivity index (χ3n) is 24.9. The Morgan fingerprint density at radius 2 is 1.02 bits per heavy atom. The van der Waals surface area contributed by atoms with Gasteiger partial charge in [-0.25, -0.2) is 4.99 Å². The van der Waals surface area contributed by atoms with Crippen molar-refractivity contribution in [2.75, 3.05) is 37.8 Å². The zero-order valence-electron chi connectivity index (χ0n) is 76.8. The summed E-state index contributed by atoms with van der Waals surface area (Å²) < 4.78 is 0. The van der Waals surface area contributed by atoms with Gasteiger partial charge >= 0.3 is 5.97 Å². The molecule has 2 aromatic rings. The van der Waals surface area contributed by atoms with E-state index in [2.05, 4.69) is 95.4 Å². The predicted molar refractivity (Wildman–Crippen MR) is 494 cm³/mol. The maximum absolute atomic E-state index is 15.5. The Kier molecular flexibility index (Phi) is 42.9. The highest BCUT2D eigenvalue weighted by Gasteiger charge is 2.45. The molecule has 4 unspecified atom stereocenters. The first-order valence-corrected chi connectivity index (χ1v) is 48.4. The molecule has 2 aromatic carbocycles. The van der Waals surface area contributed by atoms with Crippen molar-refractivity contribution in [1.82, 2.24) is 90.4 Å². The van der Waals surface area contributed by atoms with E-state index in [4.69, 9.17) is 17.2 Å². The molecule has 6 aliphatic rings. The van der Waals surface area contributed by atoms with Crippen LogP contribution in [0, 0.1) is 29.1 Å². The Morgan fingerprint density at radius 1 is 0.538 bits per heavy atom. The van der Waals surface area contributed by atoms with Crippen LogP contribution in [0.2, 0.25) is 0 Å². The van der Waals surface area contributed by atoms with Crippen molar-refractivity contribution in [3.63, 3.8) is 0 Å². The number of fused-ring (bicyclic) bond motifs is 3. The number of thioether (sulfide) groups is 2. The maximum Gasteiger partial charge on any atom is 0.303 e. The molecule has 5 fully saturated rings. The van der Waals surface area contributed by atoms with E-state index in [1.165, 1.54) is 44.3 Å². The lowest BCUT2D eigenvalue weighted by atomic mass is 9.82. The van der Waals surface area contributed by atoms with E-state index >= 15 is 28.8 Å². The fourth-order valence-corrected chi connectivity index (χ4v) is 19.6. The number of benzene rings is 2. The van der Waals surface area contributed by atoms with Gasteiger partial charge in [-0.1, -0.05) is 83.9 Å². The molecule has 734 valence electrons. The molecule has 43 heteroatoms. The molecule has 0 radical (unpaired) electrons. The first-order chi connectivity index (χ1) is 62.6. The summed E-state index contributed by atoms with van der Waals surface area (Å²) >= 11 is 2.41. The quantitative estimate of drug-likeness (QED) is 0.0371. The molecule has 19 atom stereocenters. The molecule has 2 aliphatic carbocycles. The molecular weight excluding hydrogens is 1750 g/mol. The lowest BCUT2D eigenvalue weighted by molar-refractivity contribution is -0.139. The van der Waals surface area contributed by atoms with Crippen LogP contribution in [-0.4, -0.2) is 273 Å². The van der Waals surface area contributed by atoms with Crippen LogP contribution in [0.5, 0.6) is 0 Å². The molecular formula is C89H141N21O20S2. The van der Waals surface area contributed by atoms with Gasteiger partial charge in [0.2, 0.25) is 82.7 Å². The lowest BCUT2D eigenvalue weighted by Crippen LogP contribution is -2.63. The second-order valence-corrected chi connectivity index (χ2v) is 39.0. The summed E-state index contributed by atoms with van der Waals surface area (Å²) in [6.07, 6.45) is -1.46. The SMILES string of the molecule is CCC[C@@H]1NC(=O)[C@H](CC2CNC3NCCCC23)NC(=O)[C@H]([C@@H](C)O)NC(=O)[C@H](CC2CNCN2)NC(=O)[C@H](CC2CCC(O)CC2)NC(=O)[C@H](C(C)(C)C)NC(=O)[C@@H](NC(=O)[C@@H](Cc2ccc(N=C(N)N)cc2)NC(C)=O)CSCc2cccc(c2)CSC[C@@H](C(N)=O)NC(=O)[C@H]([C@@H](C)O)NC(=O)[C@H](CCC)NC(=O)[C@H](CC2CCC(O)CC2)NC(=O)[C@H](CCC(=O)O)NC1=O. The van der Waals surface area contributed by atoms with E-state index in [-0.39, 0.29) is 117 Å². The zero-order valence-corrected chi connectivity index (χ0v) is 78.4. The topological polar surface area (TPSA) is 652 Å². The fourth-order valence-electron chi connectivity index (χ4n) is 17.6. The highest BCUT2D eigenvalue weighted by molar-refractivity contribution is 7.98. The number of piperidine rings is 1. The van der Waals surface area contributed by atoms with Crippen molar-refractivity contribution in [2.45, 2.75) is 317 Å². The van der Waals surface area contributed by atoms with Gasteiger partial charge in [0, 0.05) is 62.0 Å². The van der Waals surface area contributed by atoms with Crippen molar-refractivity contribution in [3.8, 4) is 0 Å². The smallest absolute Gasteiger partial charge is 0.303 e. The van der Waals surface area contributed by atoms with Gasteiger partial charge in [0.25, 0.3) is 0 Å². The van der Waals surface area contributed by atoms with Gasteiger partial charge in [-0.05, 0) is 194 Å².